The smallest absolute Gasteiger partial charge is 0.251 e. The van der Waals surface area contributed by atoms with Gasteiger partial charge in [0.05, 0.1) is 12.2 Å². The quantitative estimate of drug-likeness (QED) is 0.569. The number of likely N-dealkylation sites (tertiary alicyclic amines) is 1. The van der Waals surface area contributed by atoms with Gasteiger partial charge in [0, 0.05) is 51.0 Å². The highest BCUT2D eigenvalue weighted by Gasteiger charge is 2.22. The summed E-state index contributed by atoms with van der Waals surface area (Å²) in [5.74, 6) is 0.755. The molecule has 0 unspecified atom stereocenters. The molecule has 1 aliphatic heterocycles. The number of aromatic nitrogens is 2. The molecule has 0 aromatic carbocycles. The minimum atomic E-state index is -2.26. The topological polar surface area (TPSA) is 57.5 Å². The average molecular weight is 370 g/mol. The highest BCUT2D eigenvalue weighted by atomic mass is 19.3. The Balaban J connectivity index is 1.88. The van der Waals surface area contributed by atoms with E-state index in [4.69, 9.17) is 0 Å². The van der Waals surface area contributed by atoms with Gasteiger partial charge in [0.2, 0.25) is 0 Å². The van der Waals surface area contributed by atoms with E-state index in [2.05, 4.69) is 34.6 Å². The van der Waals surface area contributed by atoms with Crippen LogP contribution in [0, 0.1) is 0 Å². The van der Waals surface area contributed by atoms with E-state index in [9.17, 15) is 8.78 Å². The number of piperidine rings is 1. The van der Waals surface area contributed by atoms with Crippen molar-refractivity contribution >= 4 is 5.96 Å². The van der Waals surface area contributed by atoms with Crippen molar-refractivity contribution < 1.29 is 8.78 Å². The van der Waals surface area contributed by atoms with E-state index in [1.54, 1.807) is 7.05 Å². The van der Waals surface area contributed by atoms with E-state index in [0.717, 1.165) is 37.3 Å². The molecular formula is C18H32F2N6. The fourth-order valence-corrected chi connectivity index (χ4v) is 3.61. The van der Waals surface area contributed by atoms with Crippen LogP contribution >= 0.6 is 0 Å². The Labute approximate surface area is 155 Å². The zero-order valence-electron chi connectivity index (χ0n) is 16.4. The number of hydrogen-bond donors (Lipinski definition) is 2. The Hall–Kier alpha value is -1.70. The van der Waals surface area contributed by atoms with E-state index in [1.165, 1.54) is 11.3 Å². The van der Waals surface area contributed by atoms with Crippen LogP contribution in [0.5, 0.6) is 0 Å². The fraction of sp³-hybridized carbons (Fsp3) is 0.778. The van der Waals surface area contributed by atoms with Gasteiger partial charge in [-0.3, -0.25) is 14.6 Å². The molecule has 1 aliphatic rings. The zero-order valence-corrected chi connectivity index (χ0v) is 16.4. The molecule has 2 heterocycles. The summed E-state index contributed by atoms with van der Waals surface area (Å²) in [6, 6.07) is 0.264. The summed E-state index contributed by atoms with van der Waals surface area (Å²) in [6.07, 6.45) is 1.28. The molecule has 148 valence electrons. The highest BCUT2D eigenvalue weighted by Crippen LogP contribution is 2.15. The van der Waals surface area contributed by atoms with Crippen LogP contribution in [0.3, 0.4) is 0 Å². The van der Waals surface area contributed by atoms with Gasteiger partial charge in [0.25, 0.3) is 6.43 Å². The molecule has 0 bridgehead atoms. The molecule has 0 atom stereocenters. The van der Waals surface area contributed by atoms with Gasteiger partial charge in [-0.2, -0.15) is 5.10 Å². The van der Waals surface area contributed by atoms with Gasteiger partial charge in [-0.25, -0.2) is 8.78 Å². The highest BCUT2D eigenvalue weighted by molar-refractivity contribution is 5.80. The lowest BCUT2D eigenvalue weighted by molar-refractivity contribution is 0.0744. The third kappa shape index (κ3) is 5.40. The van der Waals surface area contributed by atoms with E-state index < -0.39 is 6.43 Å². The van der Waals surface area contributed by atoms with E-state index >= 15 is 0 Å². The molecule has 1 aromatic rings. The van der Waals surface area contributed by atoms with Gasteiger partial charge < -0.3 is 10.6 Å². The summed E-state index contributed by atoms with van der Waals surface area (Å²) >= 11 is 0. The van der Waals surface area contributed by atoms with Crippen molar-refractivity contribution in [1.29, 1.82) is 0 Å². The Kier molecular flexibility index (Phi) is 7.81. The van der Waals surface area contributed by atoms with Crippen molar-refractivity contribution in [3.63, 3.8) is 0 Å². The molecule has 0 spiro atoms. The van der Waals surface area contributed by atoms with Crippen LogP contribution in [0.2, 0.25) is 0 Å². The van der Waals surface area contributed by atoms with Crippen molar-refractivity contribution in [3.05, 3.63) is 17.0 Å². The van der Waals surface area contributed by atoms with Crippen molar-refractivity contribution in [2.45, 2.75) is 58.5 Å². The van der Waals surface area contributed by atoms with Gasteiger partial charge in [-0.05, 0) is 25.7 Å². The number of rotatable bonds is 7. The first-order valence-electron chi connectivity index (χ1n) is 9.49. The van der Waals surface area contributed by atoms with E-state index in [0.29, 0.717) is 19.6 Å². The first-order valence-corrected chi connectivity index (χ1v) is 9.49. The Morgan fingerprint density at radius 3 is 2.50 bits per heavy atom. The molecule has 2 N–H and O–H groups in total. The number of nitrogens with zero attached hydrogens (tertiary/aromatic N) is 4. The van der Waals surface area contributed by atoms with E-state index in [-0.39, 0.29) is 12.6 Å². The number of aliphatic imine (C=N–C) groups is 1. The predicted molar refractivity (Wildman–Crippen MR) is 101 cm³/mol. The largest absolute Gasteiger partial charge is 0.354 e. The second-order valence-electron chi connectivity index (χ2n) is 6.74. The number of guanidine groups is 1. The lowest BCUT2D eigenvalue weighted by Gasteiger charge is -2.32. The van der Waals surface area contributed by atoms with E-state index in [1.807, 2.05) is 16.6 Å². The maximum absolute atomic E-state index is 12.5. The maximum Gasteiger partial charge on any atom is 0.251 e. The van der Waals surface area contributed by atoms with Crippen LogP contribution in [0.25, 0.3) is 0 Å². The fourth-order valence-electron chi connectivity index (χ4n) is 3.61. The van der Waals surface area contributed by atoms with Crippen LogP contribution in [0.15, 0.2) is 4.99 Å². The SMILES string of the molecule is CCc1nn(C)c(CC)c1CNC(=NC)NC1CCN(CC(F)F)CC1. The minimum absolute atomic E-state index is 0.125. The van der Waals surface area contributed by atoms with Crippen LogP contribution in [-0.4, -0.2) is 59.8 Å². The lowest BCUT2D eigenvalue weighted by Crippen LogP contribution is -2.49. The van der Waals surface area contributed by atoms with Crippen molar-refractivity contribution in [1.82, 2.24) is 25.3 Å². The van der Waals surface area contributed by atoms with Gasteiger partial charge in [0.15, 0.2) is 5.96 Å². The molecule has 26 heavy (non-hydrogen) atoms. The number of nitrogens with one attached hydrogen (secondary N) is 2. The Morgan fingerprint density at radius 1 is 1.27 bits per heavy atom. The standard InChI is InChI=1S/C18H32F2N6/c1-5-15-14(16(6-2)25(4)24-15)11-22-18(21-3)23-13-7-9-26(10-8-13)12-17(19)20/h13,17H,5-12H2,1-4H3,(H2,21,22,23). The molecule has 0 amide bonds. The summed E-state index contributed by atoms with van der Waals surface area (Å²) in [7, 11) is 3.74. The first kappa shape index (κ1) is 20.6. The van der Waals surface area contributed by atoms with Crippen LogP contribution in [0.4, 0.5) is 8.78 Å². The third-order valence-electron chi connectivity index (χ3n) is 5.01. The van der Waals surface area contributed by atoms with Crippen LogP contribution < -0.4 is 10.6 Å². The number of alkyl halides is 2. The normalized spacial score (nSPS) is 17.1. The predicted octanol–water partition coefficient (Wildman–Crippen LogP) is 1.94. The number of aryl methyl sites for hydroxylation is 2. The second kappa shape index (κ2) is 9.85. The summed E-state index contributed by atoms with van der Waals surface area (Å²) in [6.45, 7) is 6.21. The van der Waals surface area contributed by atoms with Crippen molar-refractivity contribution in [3.8, 4) is 0 Å². The monoisotopic (exact) mass is 370 g/mol. The molecule has 2 rings (SSSR count). The molecule has 6 nitrogen and oxygen atoms in total. The summed E-state index contributed by atoms with van der Waals surface area (Å²) in [5.41, 5.74) is 3.60. The Bertz CT molecular complexity index is 591. The molecule has 1 aromatic heterocycles. The summed E-state index contributed by atoms with van der Waals surface area (Å²) in [5, 5.41) is 11.4. The maximum atomic E-state index is 12.5. The zero-order chi connectivity index (χ0) is 19.1. The van der Waals surface area contributed by atoms with Gasteiger partial charge in [-0.15, -0.1) is 0 Å². The number of halogens is 2. The molecule has 0 aliphatic carbocycles. The van der Waals surface area contributed by atoms with Gasteiger partial charge in [-0.1, -0.05) is 13.8 Å². The third-order valence-corrected chi connectivity index (χ3v) is 5.01. The molecule has 8 heteroatoms. The molecule has 1 fully saturated rings. The van der Waals surface area contributed by atoms with Gasteiger partial charge in [0.1, 0.15) is 0 Å². The molecule has 0 radical (unpaired) electrons. The van der Waals surface area contributed by atoms with Crippen LogP contribution in [0.1, 0.15) is 43.6 Å². The molecular weight excluding hydrogens is 338 g/mol. The second-order valence-corrected chi connectivity index (χ2v) is 6.74. The van der Waals surface area contributed by atoms with Crippen LogP contribution in [-0.2, 0) is 26.4 Å². The molecule has 1 saturated heterocycles. The minimum Gasteiger partial charge on any atom is -0.354 e. The first-order chi connectivity index (χ1) is 12.5. The summed E-state index contributed by atoms with van der Waals surface area (Å²) < 4.78 is 26.9. The average Bonchev–Trinajstić information content (AvgIpc) is 2.94. The summed E-state index contributed by atoms with van der Waals surface area (Å²) in [4.78, 5) is 6.15. The van der Waals surface area contributed by atoms with Crippen molar-refractivity contribution in [2.75, 3.05) is 26.7 Å². The van der Waals surface area contributed by atoms with Crippen molar-refractivity contribution in [2.24, 2.45) is 12.0 Å². The Morgan fingerprint density at radius 2 is 1.96 bits per heavy atom. The van der Waals surface area contributed by atoms with Gasteiger partial charge >= 0.3 is 0 Å². The lowest BCUT2D eigenvalue weighted by atomic mass is 10.1. The number of hydrogen-bond acceptors (Lipinski definition) is 3. The molecule has 0 saturated carbocycles.